The van der Waals surface area contributed by atoms with Gasteiger partial charge in [-0.3, -0.25) is 0 Å². The van der Waals surface area contributed by atoms with Crippen molar-refractivity contribution in [1.82, 2.24) is 5.32 Å². The molecule has 0 spiro atoms. The molecule has 4 nitrogen and oxygen atoms in total. The summed E-state index contributed by atoms with van der Waals surface area (Å²) >= 11 is 0. The van der Waals surface area contributed by atoms with E-state index >= 15 is 0 Å². The van der Waals surface area contributed by atoms with Gasteiger partial charge in [0.05, 0.1) is 0 Å². The second kappa shape index (κ2) is 6.22. The summed E-state index contributed by atoms with van der Waals surface area (Å²) in [4.78, 5) is 0. The number of aliphatic hydroxyl groups is 1. The van der Waals surface area contributed by atoms with Gasteiger partial charge < -0.3 is 19.9 Å². The molecule has 2 aromatic rings. The van der Waals surface area contributed by atoms with Crippen LogP contribution in [0.5, 0.6) is 11.5 Å². The zero-order valence-electron chi connectivity index (χ0n) is 13.8. The van der Waals surface area contributed by atoms with Gasteiger partial charge in [0, 0.05) is 12.1 Å². The Hall–Kier alpha value is -2.04. The lowest BCUT2D eigenvalue weighted by Crippen LogP contribution is -2.53. The normalized spacial score (nSPS) is 23.0. The molecule has 23 heavy (non-hydrogen) atoms. The summed E-state index contributed by atoms with van der Waals surface area (Å²) in [5, 5.41) is 14.1. The van der Waals surface area contributed by atoms with Crippen molar-refractivity contribution in [3.8, 4) is 11.5 Å². The highest BCUT2D eigenvalue weighted by molar-refractivity contribution is 5.42. The Bertz CT molecular complexity index is 701. The van der Waals surface area contributed by atoms with Crippen LogP contribution in [0.4, 0.5) is 0 Å². The minimum Gasteiger partial charge on any atom is -0.490 e. The van der Waals surface area contributed by atoms with Crippen LogP contribution in [0.1, 0.15) is 22.8 Å². The fourth-order valence-electron chi connectivity index (χ4n) is 3.08. The Kier molecular flexibility index (Phi) is 4.28. The zero-order valence-corrected chi connectivity index (χ0v) is 13.8. The number of likely N-dealkylation sites (N-methyl/N-ethyl adjacent to an activating group) is 1. The first kappa shape index (κ1) is 15.8. The Morgan fingerprint density at radius 2 is 2.04 bits per heavy atom. The molecule has 4 heteroatoms. The molecule has 0 saturated heterocycles. The van der Waals surface area contributed by atoms with E-state index in [1.807, 2.05) is 50.4 Å². The molecular formula is C19H23NO3. The molecule has 2 N–H and O–H groups in total. The fraction of sp³-hybridized carbons (Fsp3) is 0.368. The largest absolute Gasteiger partial charge is 0.490 e. The van der Waals surface area contributed by atoms with E-state index in [2.05, 4.69) is 18.3 Å². The molecule has 2 unspecified atom stereocenters. The van der Waals surface area contributed by atoms with Gasteiger partial charge in [-0.15, -0.1) is 0 Å². The number of benzene rings is 2. The molecule has 0 saturated carbocycles. The summed E-state index contributed by atoms with van der Waals surface area (Å²) in [6, 6.07) is 13.8. The third-order valence-electron chi connectivity index (χ3n) is 4.23. The van der Waals surface area contributed by atoms with Crippen LogP contribution in [-0.2, 0) is 0 Å². The van der Waals surface area contributed by atoms with Gasteiger partial charge in [0.1, 0.15) is 18.1 Å². The summed E-state index contributed by atoms with van der Waals surface area (Å²) in [6.45, 7) is 4.65. The molecule has 122 valence electrons. The molecule has 1 heterocycles. The highest BCUT2D eigenvalue weighted by Crippen LogP contribution is 2.41. The number of para-hydroxylation sites is 1. The van der Waals surface area contributed by atoms with E-state index < -0.39 is 11.7 Å². The molecule has 3 rings (SSSR count). The third-order valence-corrected chi connectivity index (χ3v) is 4.23. The molecule has 0 aromatic heterocycles. The number of aryl methyl sites for hydroxylation is 2. The average Bonchev–Trinajstić information content (AvgIpc) is 2.52. The molecule has 0 aliphatic carbocycles. The van der Waals surface area contributed by atoms with Crippen LogP contribution in [0.3, 0.4) is 0 Å². The van der Waals surface area contributed by atoms with Crippen molar-refractivity contribution in [3.63, 3.8) is 0 Å². The van der Waals surface area contributed by atoms with Gasteiger partial charge in [0.2, 0.25) is 0 Å². The van der Waals surface area contributed by atoms with E-state index in [4.69, 9.17) is 9.47 Å². The van der Waals surface area contributed by atoms with Crippen molar-refractivity contribution in [2.24, 2.45) is 0 Å². The van der Waals surface area contributed by atoms with Crippen LogP contribution in [0.15, 0.2) is 42.5 Å². The van der Waals surface area contributed by atoms with Crippen LogP contribution in [0.2, 0.25) is 0 Å². The van der Waals surface area contributed by atoms with Gasteiger partial charge in [0.25, 0.3) is 0 Å². The van der Waals surface area contributed by atoms with E-state index in [0.717, 1.165) is 22.6 Å². The lowest BCUT2D eigenvalue weighted by Gasteiger charge is -2.40. The Morgan fingerprint density at radius 3 is 2.78 bits per heavy atom. The zero-order chi connectivity index (χ0) is 16.4. The van der Waals surface area contributed by atoms with Gasteiger partial charge in [-0.05, 0) is 38.6 Å². The van der Waals surface area contributed by atoms with Crippen LogP contribution < -0.4 is 14.8 Å². The maximum Gasteiger partial charge on any atom is 0.160 e. The summed E-state index contributed by atoms with van der Waals surface area (Å²) < 4.78 is 12.0. The average molecular weight is 313 g/mol. The Balaban J connectivity index is 2.00. The minimum absolute atomic E-state index is 0.195. The molecule has 2 aromatic carbocycles. The first-order chi connectivity index (χ1) is 11.0. The van der Waals surface area contributed by atoms with E-state index in [1.165, 1.54) is 5.56 Å². The van der Waals surface area contributed by atoms with E-state index in [1.54, 1.807) is 0 Å². The number of nitrogens with one attached hydrogen (secondary N) is 1. The minimum atomic E-state index is -1.12. The second-order valence-corrected chi connectivity index (χ2v) is 6.23. The van der Waals surface area contributed by atoms with Crippen molar-refractivity contribution in [2.75, 3.05) is 20.2 Å². The first-order valence-corrected chi connectivity index (χ1v) is 7.86. The summed E-state index contributed by atoms with van der Waals surface area (Å²) in [5.41, 5.74) is 1.99. The predicted molar refractivity (Wildman–Crippen MR) is 90.1 cm³/mol. The van der Waals surface area contributed by atoms with E-state index in [9.17, 15) is 5.11 Å². The molecule has 0 radical (unpaired) electrons. The lowest BCUT2D eigenvalue weighted by molar-refractivity contribution is -0.101. The lowest BCUT2D eigenvalue weighted by atomic mass is 9.88. The third kappa shape index (κ3) is 3.05. The predicted octanol–water partition coefficient (Wildman–Crippen LogP) is 2.77. The van der Waals surface area contributed by atoms with Crippen molar-refractivity contribution in [3.05, 3.63) is 59.2 Å². The van der Waals surface area contributed by atoms with Crippen molar-refractivity contribution in [2.45, 2.75) is 25.6 Å². The van der Waals surface area contributed by atoms with Gasteiger partial charge in [-0.1, -0.05) is 35.9 Å². The van der Waals surface area contributed by atoms with Crippen LogP contribution >= 0.6 is 0 Å². The number of hydrogen-bond donors (Lipinski definition) is 2. The number of hydrogen-bond acceptors (Lipinski definition) is 4. The highest BCUT2D eigenvalue weighted by atomic mass is 16.5. The SMILES string of the molecule is CNCC1(O)COc2ccccc2C1Oc1ccc(C)cc1C. The van der Waals surface area contributed by atoms with Gasteiger partial charge in [-0.25, -0.2) is 0 Å². The van der Waals surface area contributed by atoms with Crippen LogP contribution in [0, 0.1) is 13.8 Å². The highest BCUT2D eigenvalue weighted by Gasteiger charge is 2.45. The smallest absolute Gasteiger partial charge is 0.160 e. The van der Waals surface area contributed by atoms with Gasteiger partial charge >= 0.3 is 0 Å². The van der Waals surface area contributed by atoms with E-state index in [0.29, 0.717) is 6.54 Å². The maximum absolute atomic E-state index is 11.1. The van der Waals surface area contributed by atoms with Crippen molar-refractivity contribution < 1.29 is 14.6 Å². The van der Waals surface area contributed by atoms with Crippen LogP contribution in [-0.4, -0.2) is 30.9 Å². The number of ether oxygens (including phenoxy) is 2. The first-order valence-electron chi connectivity index (χ1n) is 7.86. The topological polar surface area (TPSA) is 50.7 Å². The summed E-state index contributed by atoms with van der Waals surface area (Å²) in [7, 11) is 1.81. The maximum atomic E-state index is 11.1. The van der Waals surface area contributed by atoms with E-state index in [-0.39, 0.29) is 6.61 Å². The monoisotopic (exact) mass is 313 g/mol. The molecule has 0 amide bonds. The second-order valence-electron chi connectivity index (χ2n) is 6.23. The molecule has 2 atom stereocenters. The molecule has 1 aliphatic rings. The van der Waals surface area contributed by atoms with Crippen LogP contribution in [0.25, 0.3) is 0 Å². The Morgan fingerprint density at radius 1 is 1.26 bits per heavy atom. The Labute approximate surface area is 137 Å². The fourth-order valence-corrected chi connectivity index (χ4v) is 3.08. The van der Waals surface area contributed by atoms with Crippen molar-refractivity contribution in [1.29, 1.82) is 0 Å². The summed E-state index contributed by atoms with van der Waals surface area (Å²) in [5.74, 6) is 1.55. The number of rotatable bonds is 4. The molecule has 0 bridgehead atoms. The van der Waals surface area contributed by atoms with Gasteiger partial charge in [-0.2, -0.15) is 0 Å². The van der Waals surface area contributed by atoms with Gasteiger partial charge in [0.15, 0.2) is 11.7 Å². The quantitative estimate of drug-likeness (QED) is 0.911. The summed E-state index contributed by atoms with van der Waals surface area (Å²) in [6.07, 6.45) is -0.485. The van der Waals surface area contributed by atoms with Crippen molar-refractivity contribution >= 4 is 0 Å². The standard InChI is InChI=1S/C19H23NO3/c1-13-8-9-16(14(2)10-13)23-18-15-6-4-5-7-17(15)22-12-19(18,21)11-20-3/h4-10,18,20-21H,11-12H2,1-3H3. The molecule has 1 aliphatic heterocycles. The molecule has 0 fully saturated rings. The molecular weight excluding hydrogens is 290 g/mol. The number of fused-ring (bicyclic) bond motifs is 1.